The van der Waals surface area contributed by atoms with Crippen LogP contribution in [0.3, 0.4) is 0 Å². The summed E-state index contributed by atoms with van der Waals surface area (Å²) in [6, 6.07) is 8.02. The second kappa shape index (κ2) is 5.84. The Hall–Kier alpha value is -1.33. The summed E-state index contributed by atoms with van der Waals surface area (Å²) < 4.78 is 2.89. The molecule has 0 bridgehead atoms. The molecule has 0 spiro atoms. The van der Waals surface area contributed by atoms with Crippen LogP contribution in [0.4, 0.5) is 5.69 Å². The normalized spacial score (nSPS) is 10.5. The molecule has 0 aliphatic rings. The number of hydrogen-bond donors (Lipinski definition) is 2. The van der Waals surface area contributed by atoms with E-state index < -0.39 is 0 Å². The van der Waals surface area contributed by atoms with Crippen molar-refractivity contribution in [3.63, 3.8) is 0 Å². The third-order valence-corrected chi connectivity index (χ3v) is 2.86. The Labute approximate surface area is 109 Å². The predicted octanol–water partition coefficient (Wildman–Crippen LogP) is 2.40. The number of nitrogens with zero attached hydrogens (tertiary/aromatic N) is 2. The van der Waals surface area contributed by atoms with Gasteiger partial charge in [0.25, 0.3) is 0 Å². The van der Waals surface area contributed by atoms with Gasteiger partial charge in [0.1, 0.15) is 0 Å². The number of benzene rings is 1. The minimum absolute atomic E-state index is 0.701. The van der Waals surface area contributed by atoms with E-state index in [1.807, 2.05) is 41.3 Å². The van der Waals surface area contributed by atoms with Gasteiger partial charge in [-0.15, -0.1) is 0 Å². The summed E-state index contributed by atoms with van der Waals surface area (Å²) >= 11 is 3.45. The minimum Gasteiger partial charge on any atom is -0.382 e. The Kier molecular flexibility index (Phi) is 4.17. The van der Waals surface area contributed by atoms with E-state index in [0.29, 0.717) is 6.54 Å². The van der Waals surface area contributed by atoms with E-state index in [0.717, 1.165) is 28.8 Å². The summed E-state index contributed by atoms with van der Waals surface area (Å²) in [5.74, 6) is 0. The number of halogens is 1. The average molecular weight is 295 g/mol. The summed E-state index contributed by atoms with van der Waals surface area (Å²) in [6.45, 7) is 1.58. The maximum atomic E-state index is 5.44. The zero-order valence-corrected chi connectivity index (χ0v) is 11.0. The van der Waals surface area contributed by atoms with Crippen LogP contribution in [0, 0.1) is 0 Å². The third-order valence-electron chi connectivity index (χ3n) is 2.37. The number of nitrogens with two attached hydrogens (primary N) is 1. The van der Waals surface area contributed by atoms with E-state index in [4.69, 9.17) is 5.73 Å². The Balaban J connectivity index is 2.07. The van der Waals surface area contributed by atoms with Crippen molar-refractivity contribution in [2.45, 2.75) is 6.42 Å². The summed E-state index contributed by atoms with van der Waals surface area (Å²) in [5.41, 5.74) is 7.49. The molecule has 17 heavy (non-hydrogen) atoms. The molecule has 3 N–H and O–H groups in total. The van der Waals surface area contributed by atoms with Crippen LogP contribution in [0.15, 0.2) is 41.1 Å². The first kappa shape index (κ1) is 12.1. The van der Waals surface area contributed by atoms with Crippen LogP contribution in [-0.2, 0) is 0 Å². The molecule has 0 aliphatic heterocycles. The van der Waals surface area contributed by atoms with Gasteiger partial charge in [-0.3, -0.25) is 0 Å². The van der Waals surface area contributed by atoms with E-state index in [2.05, 4.69) is 26.3 Å². The van der Waals surface area contributed by atoms with Crippen molar-refractivity contribution in [2.75, 3.05) is 18.4 Å². The lowest BCUT2D eigenvalue weighted by Gasteiger charge is -2.02. The fraction of sp³-hybridized carbons (Fsp3) is 0.250. The van der Waals surface area contributed by atoms with Crippen LogP contribution >= 0.6 is 15.9 Å². The maximum absolute atomic E-state index is 5.44. The van der Waals surface area contributed by atoms with Gasteiger partial charge in [-0.1, -0.05) is 22.0 Å². The van der Waals surface area contributed by atoms with Crippen molar-refractivity contribution in [1.29, 1.82) is 0 Å². The molecule has 1 aromatic carbocycles. The first-order valence-corrected chi connectivity index (χ1v) is 6.33. The SMILES string of the molecule is NCCCNc1cnn(-c2cccc(Br)c2)c1. The second-order valence-corrected chi connectivity index (χ2v) is 4.64. The summed E-state index contributed by atoms with van der Waals surface area (Å²) in [4.78, 5) is 0. The van der Waals surface area contributed by atoms with E-state index in [1.54, 1.807) is 0 Å². The number of hydrogen-bond acceptors (Lipinski definition) is 3. The van der Waals surface area contributed by atoms with Crippen molar-refractivity contribution in [3.8, 4) is 5.69 Å². The second-order valence-electron chi connectivity index (χ2n) is 3.72. The van der Waals surface area contributed by atoms with Crippen LogP contribution in [0.25, 0.3) is 5.69 Å². The number of aromatic nitrogens is 2. The molecule has 0 amide bonds. The highest BCUT2D eigenvalue weighted by Crippen LogP contribution is 2.16. The Morgan fingerprint density at radius 3 is 3.06 bits per heavy atom. The molecule has 1 heterocycles. The van der Waals surface area contributed by atoms with E-state index in [1.165, 1.54) is 0 Å². The van der Waals surface area contributed by atoms with Gasteiger partial charge >= 0.3 is 0 Å². The Morgan fingerprint density at radius 2 is 2.29 bits per heavy atom. The monoisotopic (exact) mass is 294 g/mol. The van der Waals surface area contributed by atoms with Crippen molar-refractivity contribution >= 4 is 21.6 Å². The van der Waals surface area contributed by atoms with E-state index in [9.17, 15) is 0 Å². The molecule has 2 rings (SSSR count). The molecule has 5 heteroatoms. The minimum atomic E-state index is 0.701. The van der Waals surface area contributed by atoms with Crippen LogP contribution in [0.1, 0.15) is 6.42 Å². The molecule has 0 fully saturated rings. The van der Waals surface area contributed by atoms with Gasteiger partial charge in [0, 0.05) is 11.0 Å². The number of nitrogens with one attached hydrogen (secondary N) is 1. The lowest BCUT2D eigenvalue weighted by molar-refractivity contribution is 0.872. The van der Waals surface area contributed by atoms with Crippen LogP contribution < -0.4 is 11.1 Å². The summed E-state index contributed by atoms with van der Waals surface area (Å²) in [5, 5.41) is 7.58. The molecule has 2 aromatic rings. The Bertz CT molecular complexity index is 481. The average Bonchev–Trinajstić information content (AvgIpc) is 2.78. The molecule has 1 aromatic heterocycles. The van der Waals surface area contributed by atoms with Gasteiger partial charge < -0.3 is 11.1 Å². The fourth-order valence-electron chi connectivity index (χ4n) is 1.51. The topological polar surface area (TPSA) is 55.9 Å². The molecule has 0 aliphatic carbocycles. The molecule has 4 nitrogen and oxygen atoms in total. The first-order chi connectivity index (χ1) is 8.29. The highest BCUT2D eigenvalue weighted by molar-refractivity contribution is 9.10. The molecule has 0 atom stereocenters. The van der Waals surface area contributed by atoms with E-state index >= 15 is 0 Å². The van der Waals surface area contributed by atoms with E-state index in [-0.39, 0.29) is 0 Å². The van der Waals surface area contributed by atoms with Gasteiger partial charge in [0.05, 0.1) is 23.8 Å². The van der Waals surface area contributed by atoms with Gasteiger partial charge in [0.15, 0.2) is 0 Å². The molecule has 0 unspecified atom stereocenters. The molecule has 90 valence electrons. The summed E-state index contributed by atoms with van der Waals surface area (Å²) in [6.07, 6.45) is 4.75. The maximum Gasteiger partial charge on any atom is 0.0731 e. The van der Waals surface area contributed by atoms with Crippen LogP contribution in [0.5, 0.6) is 0 Å². The van der Waals surface area contributed by atoms with Crippen LogP contribution in [-0.4, -0.2) is 22.9 Å². The van der Waals surface area contributed by atoms with Gasteiger partial charge in [-0.05, 0) is 31.2 Å². The number of rotatable bonds is 5. The van der Waals surface area contributed by atoms with Crippen LogP contribution in [0.2, 0.25) is 0 Å². The first-order valence-electron chi connectivity index (χ1n) is 5.54. The smallest absolute Gasteiger partial charge is 0.0731 e. The quantitative estimate of drug-likeness (QED) is 0.833. The molecule has 0 saturated carbocycles. The van der Waals surface area contributed by atoms with Crippen molar-refractivity contribution in [2.24, 2.45) is 5.73 Å². The van der Waals surface area contributed by atoms with Gasteiger partial charge in [0.2, 0.25) is 0 Å². The lowest BCUT2D eigenvalue weighted by atomic mass is 10.3. The highest BCUT2D eigenvalue weighted by Gasteiger charge is 2.00. The zero-order chi connectivity index (χ0) is 12.1. The van der Waals surface area contributed by atoms with Crippen molar-refractivity contribution in [3.05, 3.63) is 41.1 Å². The standard InChI is InChI=1S/C12H15BrN4/c13-10-3-1-4-12(7-10)17-9-11(8-16-17)15-6-2-5-14/h1,3-4,7-9,15H,2,5-6,14H2. The molecule has 0 radical (unpaired) electrons. The zero-order valence-electron chi connectivity index (χ0n) is 9.44. The summed E-state index contributed by atoms with van der Waals surface area (Å²) in [7, 11) is 0. The number of anilines is 1. The Morgan fingerprint density at radius 1 is 1.41 bits per heavy atom. The van der Waals surface area contributed by atoms with Crippen molar-refractivity contribution in [1.82, 2.24) is 9.78 Å². The molecular formula is C12H15BrN4. The lowest BCUT2D eigenvalue weighted by Crippen LogP contribution is -2.07. The third kappa shape index (κ3) is 3.31. The molecule has 0 saturated heterocycles. The molecular weight excluding hydrogens is 280 g/mol. The predicted molar refractivity (Wildman–Crippen MR) is 73.4 cm³/mol. The fourth-order valence-corrected chi connectivity index (χ4v) is 1.90. The van der Waals surface area contributed by atoms with Gasteiger partial charge in [-0.25, -0.2) is 4.68 Å². The van der Waals surface area contributed by atoms with Gasteiger partial charge in [-0.2, -0.15) is 5.10 Å². The highest BCUT2D eigenvalue weighted by atomic mass is 79.9. The largest absolute Gasteiger partial charge is 0.382 e. The van der Waals surface area contributed by atoms with Crippen molar-refractivity contribution < 1.29 is 0 Å².